The quantitative estimate of drug-likeness (QED) is 0.0598. The van der Waals surface area contributed by atoms with Crippen LogP contribution >= 0.6 is 0 Å². The molecule has 14 heteroatoms. The van der Waals surface area contributed by atoms with Crippen molar-refractivity contribution in [1.82, 2.24) is 35.1 Å². The van der Waals surface area contributed by atoms with Crippen LogP contribution in [0.2, 0.25) is 0 Å². The summed E-state index contributed by atoms with van der Waals surface area (Å²) in [5.74, 6) is 2.14. The number of methoxy groups -OCH3 is 1. The zero-order chi connectivity index (χ0) is 38.8. The third-order valence-corrected chi connectivity index (χ3v) is 11.3. The summed E-state index contributed by atoms with van der Waals surface area (Å²) in [7, 11) is 2.70. The SMILES string of the molecule is COOC=N[C@H](C(=O)N1CCC[C@H]1c1ncc(-c2ccc([C@H]3C[C@H]3c3ccc4nc([C@@H]5CCCN5C(=O)[C@@H](NC(=O)OC)C(C)C)[nH]c4c3)cc2)[nH]1)C(C)C. The van der Waals surface area contributed by atoms with Crippen LogP contribution in [0.3, 0.4) is 0 Å². The maximum atomic E-state index is 13.6. The lowest BCUT2D eigenvalue weighted by atomic mass is 10.0. The van der Waals surface area contributed by atoms with Crippen molar-refractivity contribution in [1.29, 1.82) is 0 Å². The van der Waals surface area contributed by atoms with Crippen molar-refractivity contribution in [2.45, 2.75) is 95.8 Å². The molecule has 3 N–H and O–H groups in total. The average molecular weight is 753 g/mol. The van der Waals surface area contributed by atoms with Crippen LogP contribution in [0.1, 0.15) is 106 Å². The molecule has 55 heavy (non-hydrogen) atoms. The van der Waals surface area contributed by atoms with E-state index in [0.29, 0.717) is 24.9 Å². The number of nitrogens with zero attached hydrogens (tertiary/aromatic N) is 5. The molecule has 7 rings (SSSR count). The summed E-state index contributed by atoms with van der Waals surface area (Å²) < 4.78 is 4.78. The molecule has 1 aliphatic carbocycles. The van der Waals surface area contributed by atoms with Crippen LogP contribution < -0.4 is 5.32 Å². The third kappa shape index (κ3) is 7.96. The Morgan fingerprint density at radius 3 is 2.22 bits per heavy atom. The number of benzene rings is 2. The fraction of sp³-hybridized carbons (Fsp3) is 0.512. The Kier molecular flexibility index (Phi) is 11.2. The molecule has 6 atom stereocenters. The average Bonchev–Trinajstić information content (AvgIpc) is 3.69. The zero-order valence-corrected chi connectivity index (χ0v) is 32.5. The highest BCUT2D eigenvalue weighted by Crippen LogP contribution is 2.55. The van der Waals surface area contributed by atoms with Gasteiger partial charge in [0.1, 0.15) is 23.7 Å². The van der Waals surface area contributed by atoms with Gasteiger partial charge in [0.2, 0.25) is 18.2 Å². The van der Waals surface area contributed by atoms with Crippen molar-refractivity contribution in [3.8, 4) is 11.3 Å². The summed E-state index contributed by atoms with van der Waals surface area (Å²) in [5, 5.41) is 2.72. The van der Waals surface area contributed by atoms with Crippen molar-refractivity contribution in [3.63, 3.8) is 0 Å². The van der Waals surface area contributed by atoms with E-state index in [1.165, 1.54) is 31.7 Å². The fourth-order valence-electron chi connectivity index (χ4n) is 8.26. The van der Waals surface area contributed by atoms with Crippen LogP contribution in [-0.4, -0.2) is 93.4 Å². The van der Waals surface area contributed by atoms with Crippen LogP contribution in [-0.2, 0) is 24.1 Å². The van der Waals surface area contributed by atoms with Gasteiger partial charge in [-0.1, -0.05) is 58.0 Å². The summed E-state index contributed by atoms with van der Waals surface area (Å²) in [6, 6.07) is 13.6. The second kappa shape index (κ2) is 16.2. The Labute approximate surface area is 321 Å². The molecule has 2 aromatic carbocycles. The second-order valence-corrected chi connectivity index (χ2v) is 15.6. The van der Waals surface area contributed by atoms with E-state index in [0.717, 1.165) is 66.0 Å². The molecule has 2 aliphatic heterocycles. The molecule has 4 aromatic rings. The zero-order valence-electron chi connectivity index (χ0n) is 32.5. The van der Waals surface area contributed by atoms with Crippen molar-refractivity contribution in [3.05, 3.63) is 71.4 Å². The van der Waals surface area contributed by atoms with E-state index in [2.05, 4.69) is 67.6 Å². The second-order valence-electron chi connectivity index (χ2n) is 15.6. The van der Waals surface area contributed by atoms with Gasteiger partial charge in [-0.3, -0.25) is 9.59 Å². The van der Waals surface area contributed by atoms with Crippen LogP contribution in [0.5, 0.6) is 0 Å². The normalized spacial score (nSPS) is 22.2. The number of fused-ring (bicyclic) bond motifs is 1. The number of amides is 3. The first-order valence-corrected chi connectivity index (χ1v) is 19.4. The molecule has 292 valence electrons. The molecule has 2 aromatic heterocycles. The van der Waals surface area contributed by atoms with Crippen LogP contribution in [0.25, 0.3) is 22.3 Å². The molecular weight excluding hydrogens is 701 g/mol. The van der Waals surface area contributed by atoms with E-state index in [1.807, 2.05) is 43.7 Å². The number of alkyl carbamates (subject to hydrolysis) is 1. The van der Waals surface area contributed by atoms with Gasteiger partial charge < -0.3 is 34.7 Å². The molecule has 2 saturated heterocycles. The summed E-state index contributed by atoms with van der Waals surface area (Å²) in [6.45, 7) is 9.05. The Bertz CT molecular complexity index is 2020. The Balaban J connectivity index is 0.999. The molecule has 0 unspecified atom stereocenters. The smallest absolute Gasteiger partial charge is 0.407 e. The molecule has 0 bridgehead atoms. The predicted molar refractivity (Wildman–Crippen MR) is 207 cm³/mol. The number of aliphatic imine (C=N–C) groups is 1. The topological polar surface area (TPSA) is 167 Å². The first-order chi connectivity index (χ1) is 26.6. The van der Waals surface area contributed by atoms with Gasteiger partial charge in [0.25, 0.3) is 0 Å². The molecule has 0 radical (unpaired) electrons. The number of likely N-dealkylation sites (tertiary alicyclic amines) is 2. The van der Waals surface area contributed by atoms with Gasteiger partial charge in [0.15, 0.2) is 0 Å². The number of aromatic amines is 2. The van der Waals surface area contributed by atoms with E-state index in [4.69, 9.17) is 19.6 Å². The van der Waals surface area contributed by atoms with Crippen molar-refractivity contribution in [2.24, 2.45) is 16.8 Å². The summed E-state index contributed by atoms with van der Waals surface area (Å²) in [4.78, 5) is 73.3. The Hall–Kier alpha value is -5.24. The Morgan fingerprint density at radius 1 is 0.873 bits per heavy atom. The molecule has 3 aliphatic rings. The summed E-state index contributed by atoms with van der Waals surface area (Å²) in [6.07, 6.45) is 6.91. The standard InChI is InChI=1S/C41H52N8O6/c1-23(2)35(43-22-55-54-6)39(50)48-17-7-9-33(48)37-42-21-32(46-37)26-13-11-25(12-14-26)28-20-29(28)27-15-16-30-31(19-27)45-38(44-30)34-10-8-18-49(34)40(51)36(24(3)4)47-41(52)53-5/h11-16,19,21-24,28-29,33-36H,7-10,17-18,20H2,1-6H3,(H,42,46)(H,44,45)(H,47,52)/t28-,29+,33+,34+,35+,36+/m1/s1. The van der Waals surface area contributed by atoms with Crippen LogP contribution in [0.4, 0.5) is 4.79 Å². The minimum atomic E-state index is -0.673. The highest BCUT2D eigenvalue weighted by molar-refractivity contribution is 5.87. The number of hydrogen-bond donors (Lipinski definition) is 3. The van der Waals surface area contributed by atoms with E-state index in [-0.39, 0.29) is 35.7 Å². The fourth-order valence-corrected chi connectivity index (χ4v) is 8.26. The molecule has 3 fully saturated rings. The molecule has 1 saturated carbocycles. The largest absolute Gasteiger partial charge is 0.453 e. The highest BCUT2D eigenvalue weighted by atomic mass is 17.2. The number of imidazole rings is 2. The Morgan fingerprint density at radius 2 is 1.55 bits per heavy atom. The van der Waals surface area contributed by atoms with Crippen molar-refractivity contribution in [2.75, 3.05) is 27.3 Å². The minimum Gasteiger partial charge on any atom is -0.453 e. The molecule has 0 spiro atoms. The number of carbonyl (C=O) groups is 3. The van der Waals surface area contributed by atoms with Crippen molar-refractivity contribution >= 4 is 35.3 Å². The summed E-state index contributed by atoms with van der Waals surface area (Å²) in [5.41, 5.74) is 6.37. The number of H-pyrrole nitrogens is 2. The number of nitrogens with one attached hydrogen (secondary N) is 3. The molecule has 3 amide bonds. The van der Waals surface area contributed by atoms with Gasteiger partial charge >= 0.3 is 6.09 Å². The first-order valence-electron chi connectivity index (χ1n) is 19.4. The van der Waals surface area contributed by atoms with Gasteiger partial charge in [-0.05, 0) is 84.6 Å². The maximum Gasteiger partial charge on any atom is 0.407 e. The van der Waals surface area contributed by atoms with Crippen LogP contribution in [0.15, 0.2) is 53.7 Å². The first kappa shape index (κ1) is 38.1. The number of ether oxygens (including phenoxy) is 1. The lowest BCUT2D eigenvalue weighted by molar-refractivity contribution is -0.188. The lowest BCUT2D eigenvalue weighted by Crippen LogP contribution is -2.51. The van der Waals surface area contributed by atoms with E-state index in [1.54, 1.807) is 0 Å². The summed E-state index contributed by atoms with van der Waals surface area (Å²) >= 11 is 0. The molecular formula is C41H52N8O6. The number of rotatable bonds is 13. The van der Waals surface area contributed by atoms with Gasteiger partial charge in [0.05, 0.1) is 49.2 Å². The number of carbonyl (C=O) groups excluding carboxylic acids is 3. The number of aromatic nitrogens is 4. The lowest BCUT2D eigenvalue weighted by Gasteiger charge is -2.29. The molecule has 14 nitrogen and oxygen atoms in total. The van der Waals surface area contributed by atoms with Crippen molar-refractivity contribution < 1.29 is 28.9 Å². The molecule has 4 heterocycles. The van der Waals surface area contributed by atoms with Crippen LogP contribution in [0, 0.1) is 11.8 Å². The van der Waals surface area contributed by atoms with Gasteiger partial charge in [0, 0.05) is 13.1 Å². The minimum absolute atomic E-state index is 0.00194. The van der Waals surface area contributed by atoms with E-state index in [9.17, 15) is 14.4 Å². The van der Waals surface area contributed by atoms with E-state index < -0.39 is 18.2 Å². The monoisotopic (exact) mass is 752 g/mol. The number of hydrogen-bond acceptors (Lipinski definition) is 9. The van der Waals surface area contributed by atoms with Gasteiger partial charge in [-0.25, -0.2) is 19.8 Å². The van der Waals surface area contributed by atoms with E-state index >= 15 is 0 Å². The van der Waals surface area contributed by atoms with Gasteiger partial charge in [-0.15, -0.1) is 0 Å². The maximum absolute atomic E-state index is 13.6. The third-order valence-electron chi connectivity index (χ3n) is 11.3. The van der Waals surface area contributed by atoms with Gasteiger partial charge in [-0.2, -0.15) is 4.89 Å². The predicted octanol–water partition coefficient (Wildman–Crippen LogP) is 6.56. The highest BCUT2D eigenvalue weighted by Gasteiger charge is 2.41.